The highest BCUT2D eigenvalue weighted by Crippen LogP contribution is 2.21. The van der Waals surface area contributed by atoms with Crippen LogP contribution >= 0.6 is 0 Å². The van der Waals surface area contributed by atoms with Gasteiger partial charge in [0.15, 0.2) is 12.1 Å². The van der Waals surface area contributed by atoms with Crippen molar-refractivity contribution < 1.29 is 24.1 Å². The second-order valence-corrected chi connectivity index (χ2v) is 4.11. The van der Waals surface area contributed by atoms with Crippen LogP contribution < -0.4 is 0 Å². The molecule has 0 aromatic heterocycles. The molecule has 1 atom stereocenters. The van der Waals surface area contributed by atoms with Crippen LogP contribution in [0.2, 0.25) is 0 Å². The van der Waals surface area contributed by atoms with Crippen LogP contribution in [0.25, 0.3) is 0 Å². The minimum absolute atomic E-state index is 0.0370. The summed E-state index contributed by atoms with van der Waals surface area (Å²) in [4.78, 5) is 0. The molecule has 0 amide bonds. The van der Waals surface area contributed by atoms with Crippen LogP contribution in [0.3, 0.4) is 0 Å². The molecule has 5 nitrogen and oxygen atoms in total. The zero-order chi connectivity index (χ0) is 13.3. The SMILES string of the molecule is CC1(C)OCC(CO)O1.CCOC(C)OCC. The zero-order valence-electron chi connectivity index (χ0n) is 11.6. The highest BCUT2D eigenvalue weighted by Gasteiger charge is 2.31. The van der Waals surface area contributed by atoms with Gasteiger partial charge in [0.2, 0.25) is 0 Å². The fraction of sp³-hybridized carbons (Fsp3) is 1.00. The molecule has 5 heteroatoms. The van der Waals surface area contributed by atoms with E-state index >= 15 is 0 Å². The number of aliphatic hydroxyl groups excluding tert-OH is 1. The zero-order valence-corrected chi connectivity index (χ0v) is 11.6. The van der Waals surface area contributed by atoms with Gasteiger partial charge in [-0.25, -0.2) is 0 Å². The van der Waals surface area contributed by atoms with E-state index in [1.807, 2.05) is 34.6 Å². The molecule has 1 saturated heterocycles. The van der Waals surface area contributed by atoms with Gasteiger partial charge in [0, 0.05) is 13.2 Å². The first-order chi connectivity index (χ1) is 7.95. The summed E-state index contributed by atoms with van der Waals surface area (Å²) in [5.41, 5.74) is 0. The summed E-state index contributed by atoms with van der Waals surface area (Å²) in [5, 5.41) is 8.59. The molecule has 0 bridgehead atoms. The maximum atomic E-state index is 8.59. The standard InChI is InChI=1S/C6H12O3.C6H14O2/c1-6(2)8-4-5(3-7)9-6;1-4-7-6(3)8-5-2/h5,7H,3-4H2,1-2H3;6H,4-5H2,1-3H3. The third kappa shape index (κ3) is 8.51. The molecule has 1 aliphatic rings. The van der Waals surface area contributed by atoms with Crippen LogP contribution in [0.5, 0.6) is 0 Å². The minimum Gasteiger partial charge on any atom is -0.394 e. The molecule has 1 heterocycles. The molecule has 0 saturated carbocycles. The number of aliphatic hydroxyl groups is 1. The summed E-state index contributed by atoms with van der Waals surface area (Å²) in [6.07, 6.45) is -0.162. The fourth-order valence-corrected chi connectivity index (χ4v) is 1.37. The van der Waals surface area contributed by atoms with E-state index in [1.54, 1.807) is 0 Å². The number of hydrogen-bond donors (Lipinski definition) is 1. The van der Waals surface area contributed by atoms with Gasteiger partial charge in [-0.2, -0.15) is 0 Å². The molecule has 1 N–H and O–H groups in total. The summed E-state index contributed by atoms with van der Waals surface area (Å²) in [5.74, 6) is -0.493. The second kappa shape index (κ2) is 8.83. The van der Waals surface area contributed by atoms with Crippen molar-refractivity contribution in [2.24, 2.45) is 0 Å². The molecule has 0 aromatic rings. The Kier molecular flexibility index (Phi) is 8.72. The summed E-state index contributed by atoms with van der Waals surface area (Å²) in [6, 6.07) is 0. The molecular formula is C12H26O5. The van der Waals surface area contributed by atoms with Crippen LogP contribution in [0, 0.1) is 0 Å². The lowest BCUT2D eigenvalue weighted by Crippen LogP contribution is -2.22. The summed E-state index contributed by atoms with van der Waals surface area (Å²) in [6.45, 7) is 11.5. The first kappa shape index (κ1) is 16.8. The first-order valence-electron chi connectivity index (χ1n) is 6.11. The number of hydrogen-bond acceptors (Lipinski definition) is 5. The Hall–Kier alpha value is -0.200. The molecule has 1 rings (SSSR count). The third-order valence-electron chi connectivity index (χ3n) is 2.07. The fourth-order valence-electron chi connectivity index (χ4n) is 1.37. The van der Waals surface area contributed by atoms with E-state index in [-0.39, 0.29) is 19.0 Å². The van der Waals surface area contributed by atoms with Gasteiger partial charge in [0.25, 0.3) is 0 Å². The average molecular weight is 250 g/mol. The second-order valence-electron chi connectivity index (χ2n) is 4.11. The largest absolute Gasteiger partial charge is 0.394 e. The van der Waals surface area contributed by atoms with Gasteiger partial charge in [-0.15, -0.1) is 0 Å². The van der Waals surface area contributed by atoms with Crippen molar-refractivity contribution in [2.75, 3.05) is 26.4 Å². The van der Waals surface area contributed by atoms with Crippen molar-refractivity contribution in [1.29, 1.82) is 0 Å². The molecule has 1 unspecified atom stereocenters. The lowest BCUT2D eigenvalue weighted by atomic mass is 10.4. The van der Waals surface area contributed by atoms with Crippen molar-refractivity contribution in [3.05, 3.63) is 0 Å². The van der Waals surface area contributed by atoms with Crippen molar-refractivity contribution in [2.45, 2.75) is 52.8 Å². The predicted molar refractivity (Wildman–Crippen MR) is 64.7 cm³/mol. The molecule has 1 fully saturated rings. The Morgan fingerprint density at radius 2 is 1.82 bits per heavy atom. The van der Waals surface area contributed by atoms with Gasteiger partial charge < -0.3 is 24.1 Å². The van der Waals surface area contributed by atoms with Crippen molar-refractivity contribution in [1.82, 2.24) is 0 Å². The normalized spacial score (nSPS) is 22.4. The van der Waals surface area contributed by atoms with Crippen LogP contribution in [0.15, 0.2) is 0 Å². The smallest absolute Gasteiger partial charge is 0.163 e. The van der Waals surface area contributed by atoms with Gasteiger partial charge in [-0.3, -0.25) is 0 Å². The van der Waals surface area contributed by atoms with E-state index in [9.17, 15) is 0 Å². The maximum absolute atomic E-state index is 8.59. The van der Waals surface area contributed by atoms with Crippen LogP contribution in [-0.2, 0) is 18.9 Å². The third-order valence-corrected chi connectivity index (χ3v) is 2.07. The Labute approximate surface area is 104 Å². The van der Waals surface area contributed by atoms with E-state index in [4.69, 9.17) is 24.1 Å². The van der Waals surface area contributed by atoms with E-state index in [2.05, 4.69) is 0 Å². The lowest BCUT2D eigenvalue weighted by Gasteiger charge is -2.15. The maximum Gasteiger partial charge on any atom is 0.163 e. The van der Waals surface area contributed by atoms with E-state index < -0.39 is 5.79 Å². The molecule has 1 aliphatic heterocycles. The Morgan fingerprint density at radius 3 is 2.06 bits per heavy atom. The first-order valence-corrected chi connectivity index (χ1v) is 6.11. The Balaban J connectivity index is 0.000000304. The molecule has 0 aromatic carbocycles. The van der Waals surface area contributed by atoms with Crippen LogP contribution in [-0.4, -0.2) is 49.7 Å². The van der Waals surface area contributed by atoms with Gasteiger partial charge in [-0.1, -0.05) is 0 Å². The molecule has 17 heavy (non-hydrogen) atoms. The summed E-state index contributed by atoms with van der Waals surface area (Å²) >= 11 is 0. The monoisotopic (exact) mass is 250 g/mol. The van der Waals surface area contributed by atoms with Crippen molar-refractivity contribution in [3.8, 4) is 0 Å². The topological polar surface area (TPSA) is 57.2 Å². The van der Waals surface area contributed by atoms with Gasteiger partial charge in [-0.05, 0) is 34.6 Å². The molecule has 104 valence electrons. The highest BCUT2D eigenvalue weighted by atomic mass is 16.7. The molecule has 0 aliphatic carbocycles. The van der Waals surface area contributed by atoms with Crippen LogP contribution in [0.4, 0.5) is 0 Å². The van der Waals surface area contributed by atoms with Crippen LogP contribution in [0.1, 0.15) is 34.6 Å². The number of rotatable bonds is 5. The summed E-state index contributed by atoms with van der Waals surface area (Å²) < 4.78 is 20.5. The van der Waals surface area contributed by atoms with E-state index in [0.717, 1.165) is 13.2 Å². The van der Waals surface area contributed by atoms with Gasteiger partial charge >= 0.3 is 0 Å². The quantitative estimate of drug-likeness (QED) is 0.750. The highest BCUT2D eigenvalue weighted by molar-refractivity contribution is 4.69. The Morgan fingerprint density at radius 1 is 1.29 bits per heavy atom. The minimum atomic E-state index is -0.493. The van der Waals surface area contributed by atoms with Gasteiger partial charge in [0.1, 0.15) is 6.10 Å². The lowest BCUT2D eigenvalue weighted by molar-refractivity contribution is -0.142. The molecular weight excluding hydrogens is 224 g/mol. The predicted octanol–water partition coefficient (Wildman–Crippen LogP) is 1.54. The van der Waals surface area contributed by atoms with E-state index in [1.165, 1.54) is 0 Å². The summed E-state index contributed by atoms with van der Waals surface area (Å²) in [7, 11) is 0. The number of ether oxygens (including phenoxy) is 4. The molecule has 0 radical (unpaired) electrons. The van der Waals surface area contributed by atoms with Gasteiger partial charge in [0.05, 0.1) is 13.2 Å². The average Bonchev–Trinajstić information content (AvgIpc) is 2.60. The Bertz CT molecular complexity index is 178. The van der Waals surface area contributed by atoms with Crippen molar-refractivity contribution in [3.63, 3.8) is 0 Å². The van der Waals surface area contributed by atoms with Crippen molar-refractivity contribution >= 4 is 0 Å². The molecule has 0 spiro atoms. The van der Waals surface area contributed by atoms with E-state index in [0.29, 0.717) is 6.61 Å².